The van der Waals surface area contributed by atoms with Gasteiger partial charge in [-0.05, 0) is 11.6 Å². The van der Waals surface area contributed by atoms with E-state index in [-0.39, 0.29) is 31.3 Å². The van der Waals surface area contributed by atoms with Crippen molar-refractivity contribution in [1.29, 1.82) is 0 Å². The number of alkyl halides is 3. The van der Waals surface area contributed by atoms with Crippen LogP contribution in [-0.2, 0) is 22.7 Å². The topological polar surface area (TPSA) is 83.4 Å². The van der Waals surface area contributed by atoms with Crippen LogP contribution in [0.25, 0.3) is 0 Å². The maximum atomic E-state index is 13.3. The minimum absolute atomic E-state index is 0.160. The van der Waals surface area contributed by atoms with Gasteiger partial charge in [-0.3, -0.25) is 9.59 Å². The molecule has 0 saturated heterocycles. The summed E-state index contributed by atoms with van der Waals surface area (Å²) in [5.41, 5.74) is 1.34. The first kappa shape index (κ1) is 18.9. The summed E-state index contributed by atoms with van der Waals surface area (Å²) in [6.45, 7) is 2.31. The summed E-state index contributed by atoms with van der Waals surface area (Å²) in [6, 6.07) is 5.26. The zero-order chi connectivity index (χ0) is 19.6. The Hall–Kier alpha value is -2.91. The molecule has 2 aliphatic rings. The van der Waals surface area contributed by atoms with Gasteiger partial charge in [-0.1, -0.05) is 12.1 Å². The average Bonchev–Trinajstić information content (AvgIpc) is 3.02. The van der Waals surface area contributed by atoms with Gasteiger partial charge in [0.2, 0.25) is 5.91 Å². The Bertz CT molecular complexity index is 820. The van der Waals surface area contributed by atoms with Crippen molar-refractivity contribution < 1.29 is 27.5 Å². The van der Waals surface area contributed by atoms with Gasteiger partial charge in [0, 0.05) is 25.6 Å². The van der Waals surface area contributed by atoms with Crippen LogP contribution in [0, 0.1) is 5.92 Å². The fourth-order valence-electron chi connectivity index (χ4n) is 3.07. The number of azo groups is 1. The van der Waals surface area contributed by atoms with Crippen LogP contribution in [0.15, 0.2) is 40.3 Å². The largest absolute Gasteiger partial charge is 0.491 e. The number of hydrogen-bond donors (Lipinski definition) is 1. The highest BCUT2D eigenvalue weighted by Gasteiger charge is 2.50. The number of amides is 2. The van der Waals surface area contributed by atoms with Crippen molar-refractivity contribution >= 4 is 11.8 Å². The van der Waals surface area contributed by atoms with Gasteiger partial charge in [-0.25, -0.2) is 0 Å². The highest BCUT2D eigenvalue weighted by Crippen LogP contribution is 2.41. The van der Waals surface area contributed by atoms with Crippen LogP contribution in [0.1, 0.15) is 18.1 Å². The van der Waals surface area contributed by atoms with Crippen LogP contribution in [0.5, 0.6) is 5.75 Å². The summed E-state index contributed by atoms with van der Waals surface area (Å²) in [5.74, 6) is -3.27. The second-order valence-corrected chi connectivity index (χ2v) is 6.16. The highest BCUT2D eigenvalue weighted by molar-refractivity contribution is 5.83. The van der Waals surface area contributed by atoms with E-state index >= 15 is 0 Å². The molecule has 0 bridgehead atoms. The third-order valence-corrected chi connectivity index (χ3v) is 4.26. The Morgan fingerprint density at radius 1 is 1.37 bits per heavy atom. The molecule has 1 aromatic rings. The lowest BCUT2D eigenvalue weighted by Gasteiger charge is -2.28. The Morgan fingerprint density at radius 2 is 2.15 bits per heavy atom. The summed E-state index contributed by atoms with van der Waals surface area (Å²) in [4.78, 5) is 24.0. The number of rotatable bonds is 5. The minimum atomic E-state index is -4.74. The first-order chi connectivity index (χ1) is 12.8. The zero-order valence-corrected chi connectivity index (χ0v) is 14.4. The first-order valence-corrected chi connectivity index (χ1v) is 8.22. The van der Waals surface area contributed by atoms with E-state index in [1.54, 1.807) is 18.2 Å². The number of carbonyl (C=O) groups is 2. The Balaban J connectivity index is 1.76. The fourth-order valence-corrected chi connectivity index (χ4v) is 3.07. The van der Waals surface area contributed by atoms with Gasteiger partial charge in [0.15, 0.2) is 5.92 Å². The van der Waals surface area contributed by atoms with E-state index in [2.05, 4.69) is 15.5 Å². The summed E-state index contributed by atoms with van der Waals surface area (Å²) in [7, 11) is 0. The molecule has 2 heterocycles. The van der Waals surface area contributed by atoms with Gasteiger partial charge in [-0.15, -0.1) is 5.11 Å². The van der Waals surface area contributed by atoms with Gasteiger partial charge in [-0.2, -0.15) is 18.3 Å². The average molecular weight is 382 g/mol. The lowest BCUT2D eigenvalue weighted by atomic mass is 10.0. The molecule has 27 heavy (non-hydrogen) atoms. The van der Waals surface area contributed by atoms with Crippen LogP contribution in [0.2, 0.25) is 0 Å². The monoisotopic (exact) mass is 382 g/mol. The van der Waals surface area contributed by atoms with Crippen LogP contribution >= 0.6 is 0 Å². The summed E-state index contributed by atoms with van der Waals surface area (Å²) >= 11 is 0. The van der Waals surface area contributed by atoms with Crippen LogP contribution in [-0.4, -0.2) is 36.0 Å². The van der Waals surface area contributed by atoms with E-state index in [1.807, 2.05) is 0 Å². The van der Waals surface area contributed by atoms with Crippen LogP contribution in [0.4, 0.5) is 13.2 Å². The third-order valence-electron chi connectivity index (χ3n) is 4.26. The molecule has 0 fully saturated rings. The predicted molar refractivity (Wildman–Crippen MR) is 87.4 cm³/mol. The van der Waals surface area contributed by atoms with E-state index in [4.69, 9.17) is 4.74 Å². The number of hydrogen-bond acceptors (Lipinski definition) is 5. The molecular formula is C17H17F3N4O3. The smallest absolute Gasteiger partial charge is 0.406 e. The van der Waals surface area contributed by atoms with Gasteiger partial charge >= 0.3 is 6.18 Å². The second kappa shape index (κ2) is 7.37. The molecule has 2 amide bonds. The molecule has 0 spiro atoms. The molecule has 0 saturated carbocycles. The molecule has 1 aromatic carbocycles. The van der Waals surface area contributed by atoms with E-state index < -0.39 is 18.0 Å². The van der Waals surface area contributed by atoms with E-state index in [0.717, 1.165) is 17.3 Å². The van der Waals surface area contributed by atoms with Gasteiger partial charge < -0.3 is 15.0 Å². The molecule has 144 valence electrons. The molecule has 1 atom stereocenters. The molecule has 0 aromatic heterocycles. The van der Waals surface area contributed by atoms with Crippen LogP contribution < -0.4 is 10.1 Å². The van der Waals surface area contributed by atoms with Crippen molar-refractivity contribution in [3.63, 3.8) is 0 Å². The molecule has 1 N–H and O–H groups in total. The predicted octanol–water partition coefficient (Wildman–Crippen LogP) is 2.53. The molecule has 0 radical (unpaired) electrons. The van der Waals surface area contributed by atoms with Crippen molar-refractivity contribution in [2.24, 2.45) is 16.1 Å². The number of carbonyl (C=O) groups excluding carboxylic acids is 2. The summed E-state index contributed by atoms with van der Waals surface area (Å²) in [6.07, 6.45) is -3.75. The molecule has 0 aliphatic carbocycles. The maximum Gasteiger partial charge on any atom is 0.406 e. The quantitative estimate of drug-likeness (QED) is 0.794. The number of halogens is 3. The van der Waals surface area contributed by atoms with Crippen molar-refractivity contribution in [2.45, 2.75) is 26.2 Å². The highest BCUT2D eigenvalue weighted by atomic mass is 19.4. The van der Waals surface area contributed by atoms with Gasteiger partial charge in [0.25, 0.3) is 5.91 Å². The van der Waals surface area contributed by atoms with Gasteiger partial charge in [0.05, 0.1) is 18.4 Å². The number of nitrogens with one attached hydrogen (secondary N) is 1. The zero-order valence-electron chi connectivity index (χ0n) is 14.4. The Labute approximate surface area is 152 Å². The van der Waals surface area contributed by atoms with Crippen molar-refractivity contribution in [3.8, 4) is 5.75 Å². The fraction of sp³-hybridized carbons (Fsp3) is 0.412. The van der Waals surface area contributed by atoms with Crippen LogP contribution in [0.3, 0.4) is 0 Å². The second-order valence-electron chi connectivity index (χ2n) is 6.16. The summed E-state index contributed by atoms with van der Waals surface area (Å²) < 4.78 is 45.6. The van der Waals surface area contributed by atoms with Crippen molar-refractivity contribution in [3.05, 3.63) is 41.2 Å². The maximum absolute atomic E-state index is 13.3. The number of nitrogens with zero attached hydrogens (tertiary/aromatic N) is 3. The number of benzene rings is 1. The molecule has 2 aliphatic heterocycles. The molecule has 1 unspecified atom stereocenters. The van der Waals surface area contributed by atoms with E-state index in [0.29, 0.717) is 12.3 Å². The molecule has 3 rings (SSSR count). The van der Waals surface area contributed by atoms with Crippen molar-refractivity contribution in [2.75, 3.05) is 13.2 Å². The SMILES string of the molecule is CC(=O)NCCOc1cccc2c1CN(C1=CN=NC(=O)C1C(F)(F)F)C2. The number of fused-ring (bicyclic) bond motifs is 1. The van der Waals surface area contributed by atoms with E-state index in [1.165, 1.54) is 11.8 Å². The molecule has 7 nitrogen and oxygen atoms in total. The third kappa shape index (κ3) is 4.09. The lowest BCUT2D eigenvalue weighted by Crippen LogP contribution is -2.38. The lowest BCUT2D eigenvalue weighted by molar-refractivity contribution is -0.177. The van der Waals surface area contributed by atoms with Gasteiger partial charge in [0.1, 0.15) is 12.4 Å². The van der Waals surface area contributed by atoms with E-state index in [9.17, 15) is 22.8 Å². The minimum Gasteiger partial charge on any atom is -0.491 e. The Morgan fingerprint density at radius 3 is 2.85 bits per heavy atom. The standard InChI is InChI=1S/C17H17F3N4O3/c1-10(25)21-5-6-27-14-4-2-3-11-8-24(9-12(11)14)13-7-22-23-16(26)15(13)17(18,19)20/h2-4,7,15H,5-6,8-9H2,1H3,(H,21,25). The van der Waals surface area contributed by atoms with Crippen molar-refractivity contribution in [1.82, 2.24) is 10.2 Å². The molecule has 10 heteroatoms. The normalized spacial score (nSPS) is 19.0. The number of ether oxygens (including phenoxy) is 1. The molecular weight excluding hydrogens is 365 g/mol. The first-order valence-electron chi connectivity index (χ1n) is 8.22. The Kier molecular flexibility index (Phi) is 5.15. The summed E-state index contributed by atoms with van der Waals surface area (Å²) in [5, 5.41) is 9.05.